The molecule has 11 aromatic carbocycles. The van der Waals surface area contributed by atoms with Gasteiger partial charge in [-0.1, -0.05) is 234 Å². The van der Waals surface area contributed by atoms with Gasteiger partial charge in [-0.15, -0.1) is 0 Å². The molecule has 0 atom stereocenters. The molecule has 0 amide bonds. The minimum Gasteiger partial charge on any atom is -0.311 e. The SMILES string of the molecule is CC1(C)c2ccccc2-c2ccc(-c3ccc(N(c4ccc(-c5ccccc5-c5cccc6c5C(C)(C)c5ccccc5-6)cc4)c4ccc(-c5cccc6cccc(-c7ccccc7)c56)cc4)cc3)cc21. The molecule has 0 radical (unpaired) electrons. The summed E-state index contributed by atoms with van der Waals surface area (Å²) in [5.74, 6) is 0. The second kappa shape index (κ2) is 16.6. The molecule has 0 bridgehead atoms. The third kappa shape index (κ3) is 6.91. The van der Waals surface area contributed by atoms with Crippen molar-refractivity contribution in [2.45, 2.75) is 38.5 Å². The van der Waals surface area contributed by atoms with E-state index in [4.69, 9.17) is 0 Å². The highest BCUT2D eigenvalue weighted by Gasteiger charge is 2.38. The van der Waals surface area contributed by atoms with Crippen LogP contribution in [0.15, 0.2) is 249 Å². The Morgan fingerprint density at radius 2 is 0.648 bits per heavy atom. The zero-order valence-electron chi connectivity index (χ0n) is 40.6. The fourth-order valence-electron chi connectivity index (χ4n) is 12.2. The van der Waals surface area contributed by atoms with E-state index in [-0.39, 0.29) is 10.8 Å². The molecule has 0 spiro atoms. The van der Waals surface area contributed by atoms with E-state index in [0.717, 1.165) is 17.1 Å². The van der Waals surface area contributed by atoms with Crippen LogP contribution in [0.3, 0.4) is 0 Å². The molecule has 13 rings (SSSR count). The van der Waals surface area contributed by atoms with Gasteiger partial charge in [-0.2, -0.15) is 0 Å². The molecule has 1 nitrogen and oxygen atoms in total. The van der Waals surface area contributed by atoms with Crippen molar-refractivity contribution in [1.29, 1.82) is 0 Å². The minimum absolute atomic E-state index is 0.0593. The molecule has 0 aliphatic heterocycles. The van der Waals surface area contributed by atoms with E-state index in [1.165, 1.54) is 111 Å². The van der Waals surface area contributed by atoms with Crippen molar-refractivity contribution in [3.8, 4) is 77.9 Å². The van der Waals surface area contributed by atoms with Gasteiger partial charge >= 0.3 is 0 Å². The van der Waals surface area contributed by atoms with E-state index in [1.807, 2.05) is 0 Å². The highest BCUT2D eigenvalue weighted by Crippen LogP contribution is 2.54. The summed E-state index contributed by atoms with van der Waals surface area (Å²) in [4.78, 5) is 2.40. The van der Waals surface area contributed by atoms with Gasteiger partial charge in [-0.25, -0.2) is 0 Å². The Kier molecular flexibility index (Phi) is 9.94. The van der Waals surface area contributed by atoms with Gasteiger partial charge in [0.15, 0.2) is 0 Å². The van der Waals surface area contributed by atoms with E-state index in [1.54, 1.807) is 0 Å². The molecule has 1 heteroatoms. The largest absolute Gasteiger partial charge is 0.311 e. The van der Waals surface area contributed by atoms with Gasteiger partial charge in [0.05, 0.1) is 0 Å². The fourth-order valence-corrected chi connectivity index (χ4v) is 12.2. The maximum Gasteiger partial charge on any atom is 0.0462 e. The first-order valence-corrected chi connectivity index (χ1v) is 25.0. The molecule has 0 saturated heterocycles. The Bertz CT molecular complexity index is 3830. The van der Waals surface area contributed by atoms with Gasteiger partial charge in [0.25, 0.3) is 0 Å². The Morgan fingerprint density at radius 3 is 1.25 bits per heavy atom. The molecule has 0 heterocycles. The lowest BCUT2D eigenvalue weighted by molar-refractivity contribution is 0.660. The van der Waals surface area contributed by atoms with Crippen LogP contribution in [0.2, 0.25) is 0 Å². The highest BCUT2D eigenvalue weighted by atomic mass is 15.1. The minimum atomic E-state index is -0.119. The summed E-state index contributed by atoms with van der Waals surface area (Å²) in [6, 6.07) is 92.1. The van der Waals surface area contributed by atoms with Crippen LogP contribution in [-0.2, 0) is 10.8 Å². The predicted molar refractivity (Wildman–Crippen MR) is 301 cm³/mol. The fraction of sp³-hybridized carbons (Fsp3) is 0.0857. The first-order chi connectivity index (χ1) is 34.7. The van der Waals surface area contributed by atoms with Crippen molar-refractivity contribution in [2.24, 2.45) is 0 Å². The Labute approximate surface area is 418 Å². The number of hydrogen-bond donors (Lipinski definition) is 0. The first kappa shape index (κ1) is 42.6. The van der Waals surface area contributed by atoms with E-state index in [0.29, 0.717) is 0 Å². The lowest BCUT2D eigenvalue weighted by Gasteiger charge is -2.27. The van der Waals surface area contributed by atoms with E-state index in [2.05, 4.69) is 281 Å². The van der Waals surface area contributed by atoms with Gasteiger partial charge < -0.3 is 4.90 Å². The molecule has 0 N–H and O–H groups in total. The van der Waals surface area contributed by atoms with Gasteiger partial charge in [-0.3, -0.25) is 0 Å². The van der Waals surface area contributed by atoms with Crippen LogP contribution < -0.4 is 4.90 Å². The summed E-state index contributed by atoms with van der Waals surface area (Å²) in [7, 11) is 0. The molecule has 0 fully saturated rings. The Morgan fingerprint density at radius 1 is 0.254 bits per heavy atom. The molecular weight excluding hydrogens is 855 g/mol. The molecule has 11 aromatic rings. The zero-order valence-corrected chi connectivity index (χ0v) is 40.6. The van der Waals surface area contributed by atoms with E-state index in [9.17, 15) is 0 Å². The molecule has 0 unspecified atom stereocenters. The summed E-state index contributed by atoms with van der Waals surface area (Å²) in [6.45, 7) is 9.46. The van der Waals surface area contributed by atoms with Crippen LogP contribution in [0.5, 0.6) is 0 Å². The summed E-state index contributed by atoms with van der Waals surface area (Å²) >= 11 is 0. The van der Waals surface area contributed by atoms with Crippen molar-refractivity contribution in [3.63, 3.8) is 0 Å². The standard InChI is InChI=1S/C70H53N/c1-69(2)64-29-12-10-23-59(64)61-44-37-51(45-66(61)69)46-31-38-52(39-32-46)71(54-42-35-49(36-43-54)57-26-15-20-50-19-14-25-56(67(50)57)47-17-6-5-7-18-47)53-40-33-48(34-41-53)55-21-8-9-22-58(55)62-27-16-28-63-60-24-11-13-30-65(60)70(3,4)68(62)63/h5-45H,1-4H3. The summed E-state index contributed by atoms with van der Waals surface area (Å²) in [6.07, 6.45) is 0. The maximum absolute atomic E-state index is 2.41. The van der Waals surface area contributed by atoms with Crippen molar-refractivity contribution in [1.82, 2.24) is 0 Å². The van der Waals surface area contributed by atoms with Crippen molar-refractivity contribution in [2.75, 3.05) is 4.90 Å². The molecule has 0 saturated carbocycles. The monoisotopic (exact) mass is 907 g/mol. The quantitative estimate of drug-likeness (QED) is 0.147. The topological polar surface area (TPSA) is 3.24 Å². The van der Waals surface area contributed by atoms with Crippen LogP contribution in [0.4, 0.5) is 17.1 Å². The van der Waals surface area contributed by atoms with Crippen LogP contribution in [-0.4, -0.2) is 0 Å². The second-order valence-corrected chi connectivity index (χ2v) is 20.4. The van der Waals surface area contributed by atoms with Crippen LogP contribution in [0.1, 0.15) is 49.9 Å². The number of hydrogen-bond acceptors (Lipinski definition) is 1. The first-order valence-electron chi connectivity index (χ1n) is 25.0. The predicted octanol–water partition coefficient (Wildman–Crippen LogP) is 19.3. The molecule has 71 heavy (non-hydrogen) atoms. The molecule has 2 aliphatic carbocycles. The van der Waals surface area contributed by atoms with Crippen LogP contribution in [0.25, 0.3) is 88.7 Å². The third-order valence-corrected chi connectivity index (χ3v) is 15.7. The number of benzene rings is 11. The van der Waals surface area contributed by atoms with Gasteiger partial charge in [0, 0.05) is 27.9 Å². The van der Waals surface area contributed by atoms with Gasteiger partial charge in [-0.05, 0) is 153 Å². The lowest BCUT2D eigenvalue weighted by atomic mass is 9.78. The highest BCUT2D eigenvalue weighted by molar-refractivity contribution is 6.06. The smallest absolute Gasteiger partial charge is 0.0462 e. The van der Waals surface area contributed by atoms with Crippen molar-refractivity contribution in [3.05, 3.63) is 271 Å². The van der Waals surface area contributed by atoms with E-state index < -0.39 is 0 Å². The summed E-state index contributed by atoms with van der Waals surface area (Å²) in [5.41, 5.74) is 26.3. The number of anilines is 3. The van der Waals surface area contributed by atoms with Crippen molar-refractivity contribution < 1.29 is 0 Å². The van der Waals surface area contributed by atoms with Crippen LogP contribution >= 0.6 is 0 Å². The Balaban J connectivity index is 0.895. The molecule has 338 valence electrons. The van der Waals surface area contributed by atoms with Crippen molar-refractivity contribution >= 4 is 27.8 Å². The number of fused-ring (bicyclic) bond motifs is 7. The number of nitrogens with zero attached hydrogens (tertiary/aromatic N) is 1. The maximum atomic E-state index is 2.41. The van der Waals surface area contributed by atoms with Gasteiger partial charge in [0.1, 0.15) is 0 Å². The number of rotatable bonds is 8. The Hall–Kier alpha value is -8.52. The van der Waals surface area contributed by atoms with Crippen LogP contribution in [0, 0.1) is 0 Å². The van der Waals surface area contributed by atoms with Gasteiger partial charge in [0.2, 0.25) is 0 Å². The molecular formula is C70H53N. The molecule has 2 aliphatic rings. The summed E-state index contributed by atoms with van der Waals surface area (Å²) in [5, 5.41) is 2.50. The second-order valence-electron chi connectivity index (χ2n) is 20.4. The molecule has 0 aromatic heterocycles. The van der Waals surface area contributed by atoms with E-state index >= 15 is 0 Å². The summed E-state index contributed by atoms with van der Waals surface area (Å²) < 4.78 is 0. The zero-order chi connectivity index (χ0) is 47.8. The normalized spacial score (nSPS) is 13.6. The lowest BCUT2D eigenvalue weighted by Crippen LogP contribution is -2.16. The third-order valence-electron chi connectivity index (χ3n) is 15.7. The average Bonchev–Trinajstić information content (AvgIpc) is 3.80. The average molecular weight is 908 g/mol.